The fourth-order valence-electron chi connectivity index (χ4n) is 1.50. The van der Waals surface area contributed by atoms with Crippen LogP contribution in [0.4, 0.5) is 0 Å². The number of hydrogen-bond donors (Lipinski definition) is 1. The number of aryl methyl sites for hydroxylation is 2. The van der Waals surface area contributed by atoms with Crippen LogP contribution in [0.15, 0.2) is 22.7 Å². The zero-order valence-corrected chi connectivity index (χ0v) is 11.0. The Morgan fingerprint density at radius 2 is 2.19 bits per heavy atom. The first kappa shape index (κ1) is 11.3. The van der Waals surface area contributed by atoms with E-state index in [1.807, 2.05) is 12.1 Å². The van der Waals surface area contributed by atoms with Crippen LogP contribution in [-0.2, 0) is 6.42 Å². The van der Waals surface area contributed by atoms with Gasteiger partial charge < -0.3 is 0 Å². The molecule has 1 N–H and O–H groups in total. The van der Waals surface area contributed by atoms with Gasteiger partial charge in [-0.2, -0.15) is 5.10 Å². The Labute approximate surface area is 103 Å². The molecule has 16 heavy (non-hydrogen) atoms. The van der Waals surface area contributed by atoms with E-state index in [4.69, 9.17) is 0 Å². The van der Waals surface area contributed by atoms with Crippen molar-refractivity contribution in [1.82, 2.24) is 15.2 Å². The molecule has 0 aliphatic carbocycles. The summed E-state index contributed by atoms with van der Waals surface area (Å²) in [5, 5.41) is 7.18. The Hall–Kier alpha value is -1.16. The molecule has 0 radical (unpaired) electrons. The lowest BCUT2D eigenvalue weighted by Crippen LogP contribution is -1.86. The first-order valence-corrected chi connectivity index (χ1v) is 6.18. The van der Waals surface area contributed by atoms with Crippen molar-refractivity contribution in [2.75, 3.05) is 0 Å². The molecule has 1 aromatic carbocycles. The average Bonchev–Trinajstić information content (AvgIpc) is 2.71. The molecule has 1 heterocycles. The topological polar surface area (TPSA) is 41.6 Å². The number of aromatic amines is 1. The van der Waals surface area contributed by atoms with Crippen LogP contribution in [-0.4, -0.2) is 15.2 Å². The molecule has 2 rings (SSSR count). The van der Waals surface area contributed by atoms with Crippen LogP contribution in [0.25, 0.3) is 11.4 Å². The number of aromatic nitrogens is 3. The minimum atomic E-state index is 0.768. The van der Waals surface area contributed by atoms with Gasteiger partial charge in [-0.15, -0.1) is 0 Å². The van der Waals surface area contributed by atoms with E-state index in [1.54, 1.807) is 0 Å². The normalized spacial score (nSPS) is 10.7. The summed E-state index contributed by atoms with van der Waals surface area (Å²) in [5.74, 6) is 1.72. The second-order valence-corrected chi connectivity index (χ2v) is 4.67. The molecule has 3 nitrogen and oxygen atoms in total. The van der Waals surface area contributed by atoms with E-state index in [2.05, 4.69) is 51.0 Å². The van der Waals surface area contributed by atoms with Crippen molar-refractivity contribution in [3.8, 4) is 11.4 Å². The quantitative estimate of drug-likeness (QED) is 0.935. The summed E-state index contributed by atoms with van der Waals surface area (Å²) < 4.78 is 1.09. The fourth-order valence-corrected chi connectivity index (χ4v) is 1.88. The van der Waals surface area contributed by atoms with Crippen LogP contribution in [0.5, 0.6) is 0 Å². The third kappa shape index (κ3) is 2.32. The summed E-state index contributed by atoms with van der Waals surface area (Å²) in [6, 6.07) is 6.16. The van der Waals surface area contributed by atoms with Gasteiger partial charge in [0.15, 0.2) is 5.82 Å². The minimum Gasteiger partial charge on any atom is -0.263 e. The summed E-state index contributed by atoms with van der Waals surface area (Å²) in [7, 11) is 0. The molecule has 0 aliphatic rings. The number of halogens is 1. The first-order chi connectivity index (χ1) is 7.70. The van der Waals surface area contributed by atoms with Crippen LogP contribution in [0, 0.1) is 6.92 Å². The maximum Gasteiger partial charge on any atom is 0.181 e. The van der Waals surface area contributed by atoms with Gasteiger partial charge in [-0.25, -0.2) is 4.98 Å². The van der Waals surface area contributed by atoms with Gasteiger partial charge >= 0.3 is 0 Å². The molecule has 84 valence electrons. The largest absolute Gasteiger partial charge is 0.263 e. The highest BCUT2D eigenvalue weighted by molar-refractivity contribution is 9.10. The first-order valence-electron chi connectivity index (χ1n) is 5.38. The zero-order chi connectivity index (χ0) is 11.5. The van der Waals surface area contributed by atoms with Gasteiger partial charge in [0, 0.05) is 16.5 Å². The summed E-state index contributed by atoms with van der Waals surface area (Å²) in [5.41, 5.74) is 2.25. The van der Waals surface area contributed by atoms with Gasteiger partial charge in [-0.05, 0) is 25.0 Å². The Bertz CT molecular complexity index is 491. The highest BCUT2D eigenvalue weighted by atomic mass is 79.9. The monoisotopic (exact) mass is 279 g/mol. The van der Waals surface area contributed by atoms with Crippen molar-refractivity contribution in [2.45, 2.75) is 26.7 Å². The van der Waals surface area contributed by atoms with E-state index in [0.717, 1.165) is 34.5 Å². The Kier molecular flexibility index (Phi) is 3.39. The number of nitrogens with zero attached hydrogens (tertiary/aromatic N) is 2. The van der Waals surface area contributed by atoms with E-state index in [0.29, 0.717) is 0 Å². The van der Waals surface area contributed by atoms with E-state index in [-0.39, 0.29) is 0 Å². The number of benzene rings is 1. The molecular weight excluding hydrogens is 266 g/mol. The van der Waals surface area contributed by atoms with Crippen LogP contribution >= 0.6 is 15.9 Å². The molecular formula is C12H14BrN3. The lowest BCUT2D eigenvalue weighted by atomic mass is 10.1. The molecule has 0 atom stereocenters. The highest BCUT2D eigenvalue weighted by Gasteiger charge is 2.06. The van der Waals surface area contributed by atoms with Crippen molar-refractivity contribution in [3.63, 3.8) is 0 Å². The molecule has 0 fully saturated rings. The third-order valence-corrected chi connectivity index (χ3v) is 3.30. The zero-order valence-electron chi connectivity index (χ0n) is 9.42. The minimum absolute atomic E-state index is 0.768. The number of rotatable bonds is 3. The Morgan fingerprint density at radius 1 is 1.38 bits per heavy atom. The predicted octanol–water partition coefficient (Wildman–Crippen LogP) is 3.50. The Balaban J connectivity index is 2.31. The molecule has 2 aromatic rings. The summed E-state index contributed by atoms with van der Waals surface area (Å²) in [4.78, 5) is 4.45. The van der Waals surface area contributed by atoms with Crippen molar-refractivity contribution in [2.24, 2.45) is 0 Å². The molecule has 0 saturated heterocycles. The van der Waals surface area contributed by atoms with Gasteiger partial charge in [-0.1, -0.05) is 35.0 Å². The lowest BCUT2D eigenvalue weighted by Gasteiger charge is -1.99. The van der Waals surface area contributed by atoms with Crippen LogP contribution in [0.1, 0.15) is 24.7 Å². The predicted molar refractivity (Wildman–Crippen MR) is 68.3 cm³/mol. The summed E-state index contributed by atoms with van der Waals surface area (Å²) in [6.45, 7) is 4.19. The molecule has 0 saturated carbocycles. The van der Waals surface area contributed by atoms with Crippen molar-refractivity contribution in [3.05, 3.63) is 34.1 Å². The van der Waals surface area contributed by atoms with Crippen LogP contribution < -0.4 is 0 Å². The third-order valence-electron chi connectivity index (χ3n) is 2.45. The van der Waals surface area contributed by atoms with E-state index in [9.17, 15) is 0 Å². The molecule has 0 unspecified atom stereocenters. The van der Waals surface area contributed by atoms with Gasteiger partial charge in [0.05, 0.1) is 0 Å². The van der Waals surface area contributed by atoms with Gasteiger partial charge in [0.25, 0.3) is 0 Å². The molecule has 0 spiro atoms. The smallest absolute Gasteiger partial charge is 0.181 e. The van der Waals surface area contributed by atoms with E-state index >= 15 is 0 Å². The molecule has 4 heteroatoms. The van der Waals surface area contributed by atoms with Crippen molar-refractivity contribution < 1.29 is 0 Å². The van der Waals surface area contributed by atoms with Crippen LogP contribution in [0.3, 0.4) is 0 Å². The number of H-pyrrole nitrogens is 1. The maximum absolute atomic E-state index is 4.45. The van der Waals surface area contributed by atoms with Gasteiger partial charge in [-0.3, -0.25) is 5.10 Å². The van der Waals surface area contributed by atoms with Crippen LogP contribution in [0.2, 0.25) is 0 Å². The van der Waals surface area contributed by atoms with Crippen molar-refractivity contribution >= 4 is 15.9 Å². The average molecular weight is 280 g/mol. The Morgan fingerprint density at radius 3 is 2.88 bits per heavy atom. The lowest BCUT2D eigenvalue weighted by molar-refractivity contribution is 0.841. The van der Waals surface area contributed by atoms with Crippen molar-refractivity contribution in [1.29, 1.82) is 0 Å². The summed E-state index contributed by atoms with van der Waals surface area (Å²) in [6.07, 6.45) is 2.02. The molecule has 0 aliphatic heterocycles. The van der Waals surface area contributed by atoms with Gasteiger partial charge in [0.1, 0.15) is 5.82 Å². The van der Waals surface area contributed by atoms with E-state index < -0.39 is 0 Å². The highest BCUT2D eigenvalue weighted by Crippen LogP contribution is 2.23. The fraction of sp³-hybridized carbons (Fsp3) is 0.333. The molecule has 0 amide bonds. The summed E-state index contributed by atoms with van der Waals surface area (Å²) >= 11 is 3.52. The second-order valence-electron chi connectivity index (χ2n) is 3.82. The maximum atomic E-state index is 4.45. The second kappa shape index (κ2) is 4.78. The number of nitrogens with one attached hydrogen (secondary N) is 1. The molecule has 1 aromatic heterocycles. The number of hydrogen-bond acceptors (Lipinski definition) is 2. The molecule has 0 bridgehead atoms. The standard InChI is InChI=1S/C12H14BrN3/c1-3-4-11-14-12(16-15-11)9-6-5-8(2)10(13)7-9/h5-7H,3-4H2,1-2H3,(H,14,15,16). The van der Waals surface area contributed by atoms with E-state index in [1.165, 1.54) is 5.56 Å². The van der Waals surface area contributed by atoms with Gasteiger partial charge in [0.2, 0.25) is 0 Å². The SMILES string of the molecule is CCCc1nc(-c2ccc(C)c(Br)c2)n[nH]1.